The van der Waals surface area contributed by atoms with Crippen LogP contribution in [0.3, 0.4) is 0 Å². The van der Waals surface area contributed by atoms with E-state index in [-0.39, 0.29) is 31.4 Å². The van der Waals surface area contributed by atoms with E-state index in [0.29, 0.717) is 26.1 Å². The van der Waals surface area contributed by atoms with E-state index in [1.807, 2.05) is 6.92 Å². The van der Waals surface area contributed by atoms with E-state index >= 15 is 0 Å². The van der Waals surface area contributed by atoms with Crippen molar-refractivity contribution in [3.63, 3.8) is 0 Å². The Kier molecular flexibility index (Phi) is 6.16. The Balaban J connectivity index is 1.94. The first-order valence-electron chi connectivity index (χ1n) is 8.05. The van der Waals surface area contributed by atoms with Crippen LogP contribution in [-0.2, 0) is 14.3 Å². The molecule has 7 nitrogen and oxygen atoms in total. The van der Waals surface area contributed by atoms with Gasteiger partial charge in [0.05, 0.1) is 19.3 Å². The molecule has 0 radical (unpaired) electrons. The summed E-state index contributed by atoms with van der Waals surface area (Å²) in [6.45, 7) is 3.92. The lowest BCUT2D eigenvalue weighted by molar-refractivity contribution is -0.156. The zero-order valence-electron chi connectivity index (χ0n) is 13.1. The number of carbonyl (C=O) groups excluding carboxylic acids is 2. The third-order valence-corrected chi connectivity index (χ3v) is 4.32. The van der Waals surface area contributed by atoms with Crippen molar-refractivity contribution in [2.45, 2.75) is 50.9 Å². The summed E-state index contributed by atoms with van der Waals surface area (Å²) in [4.78, 5) is 27.4. The standard InChI is InChI=1S/C15H26N2O5/c1-2-6-17(11-9-22-10-12(18)15(11)21)14(20)5-8-16-7-3-4-13(16)19/h11-12,15,18,21H,2-10H2,1H3/t11-,12-,15+/m1/s1. The van der Waals surface area contributed by atoms with E-state index in [1.54, 1.807) is 9.80 Å². The number of likely N-dealkylation sites (tertiary alicyclic amines) is 1. The predicted octanol–water partition coefficient (Wildman–Crippen LogP) is -0.642. The Morgan fingerprint density at radius 1 is 1.41 bits per heavy atom. The quantitative estimate of drug-likeness (QED) is 0.680. The molecule has 3 atom stereocenters. The third kappa shape index (κ3) is 3.97. The van der Waals surface area contributed by atoms with Crippen LogP contribution in [0.2, 0.25) is 0 Å². The van der Waals surface area contributed by atoms with Crippen LogP contribution in [0.15, 0.2) is 0 Å². The summed E-state index contributed by atoms with van der Waals surface area (Å²) in [5.41, 5.74) is 0. The highest BCUT2D eigenvalue weighted by molar-refractivity contribution is 5.80. The monoisotopic (exact) mass is 314 g/mol. The van der Waals surface area contributed by atoms with Crippen molar-refractivity contribution in [1.82, 2.24) is 9.80 Å². The number of carbonyl (C=O) groups is 2. The van der Waals surface area contributed by atoms with Gasteiger partial charge in [-0.2, -0.15) is 0 Å². The minimum atomic E-state index is -0.988. The summed E-state index contributed by atoms with van der Waals surface area (Å²) in [5, 5.41) is 19.8. The topological polar surface area (TPSA) is 90.3 Å². The number of hydrogen-bond donors (Lipinski definition) is 2. The third-order valence-electron chi connectivity index (χ3n) is 4.32. The molecule has 2 rings (SSSR count). The van der Waals surface area contributed by atoms with Crippen LogP contribution >= 0.6 is 0 Å². The van der Waals surface area contributed by atoms with Crippen molar-refractivity contribution in [2.75, 3.05) is 32.8 Å². The van der Waals surface area contributed by atoms with Crippen molar-refractivity contribution in [3.8, 4) is 0 Å². The molecule has 7 heteroatoms. The van der Waals surface area contributed by atoms with E-state index in [2.05, 4.69) is 0 Å². The van der Waals surface area contributed by atoms with Crippen LogP contribution in [0.1, 0.15) is 32.6 Å². The Hall–Kier alpha value is -1.18. The molecule has 2 heterocycles. The van der Waals surface area contributed by atoms with E-state index < -0.39 is 18.2 Å². The SMILES string of the molecule is CCCN(C(=O)CCN1CCCC1=O)[C@@H]1COC[C@@H](O)[C@H]1O. The molecule has 0 spiro atoms. The maximum Gasteiger partial charge on any atom is 0.224 e. The predicted molar refractivity (Wildman–Crippen MR) is 79.1 cm³/mol. The normalized spacial score (nSPS) is 29.0. The molecular weight excluding hydrogens is 288 g/mol. The van der Waals surface area contributed by atoms with Crippen molar-refractivity contribution in [1.29, 1.82) is 0 Å². The summed E-state index contributed by atoms with van der Waals surface area (Å²) in [5.74, 6) is -0.00500. The van der Waals surface area contributed by atoms with Crippen molar-refractivity contribution in [3.05, 3.63) is 0 Å². The average molecular weight is 314 g/mol. The first-order chi connectivity index (χ1) is 10.5. The summed E-state index contributed by atoms with van der Waals surface area (Å²) in [6, 6.07) is -0.523. The van der Waals surface area contributed by atoms with Crippen molar-refractivity contribution < 1.29 is 24.5 Å². The lowest BCUT2D eigenvalue weighted by atomic mass is 10.0. The fourth-order valence-corrected chi connectivity index (χ4v) is 3.07. The largest absolute Gasteiger partial charge is 0.388 e. The molecule has 0 unspecified atom stereocenters. The van der Waals surface area contributed by atoms with Crippen molar-refractivity contribution >= 4 is 11.8 Å². The molecule has 0 aromatic carbocycles. The fraction of sp³-hybridized carbons (Fsp3) is 0.867. The maximum absolute atomic E-state index is 12.5. The van der Waals surface area contributed by atoms with Gasteiger partial charge in [0.25, 0.3) is 0 Å². The zero-order valence-corrected chi connectivity index (χ0v) is 13.1. The molecular formula is C15H26N2O5. The summed E-state index contributed by atoms with van der Waals surface area (Å²) in [6.07, 6.45) is 0.462. The molecule has 2 amide bonds. The number of aliphatic hydroxyl groups is 2. The average Bonchev–Trinajstić information content (AvgIpc) is 2.91. The van der Waals surface area contributed by atoms with Gasteiger partial charge in [0.2, 0.25) is 11.8 Å². The molecule has 2 saturated heterocycles. The fourth-order valence-electron chi connectivity index (χ4n) is 3.07. The van der Waals surface area contributed by atoms with Crippen molar-refractivity contribution in [2.24, 2.45) is 0 Å². The van der Waals surface area contributed by atoms with Gasteiger partial charge in [-0.05, 0) is 12.8 Å². The minimum Gasteiger partial charge on any atom is -0.388 e. The van der Waals surface area contributed by atoms with E-state index in [4.69, 9.17) is 4.74 Å². The second-order valence-corrected chi connectivity index (χ2v) is 5.98. The Labute approximate surface area is 130 Å². The highest BCUT2D eigenvalue weighted by Gasteiger charge is 2.37. The van der Waals surface area contributed by atoms with E-state index in [1.165, 1.54) is 0 Å². The Morgan fingerprint density at radius 3 is 2.82 bits per heavy atom. The molecule has 0 aromatic heterocycles. The number of hydrogen-bond acceptors (Lipinski definition) is 5. The molecule has 2 aliphatic heterocycles. The van der Waals surface area contributed by atoms with Crippen LogP contribution in [0, 0.1) is 0 Å². The molecule has 2 fully saturated rings. The summed E-state index contributed by atoms with van der Waals surface area (Å²) in [7, 11) is 0. The Morgan fingerprint density at radius 2 is 2.18 bits per heavy atom. The van der Waals surface area contributed by atoms with Gasteiger partial charge in [-0.3, -0.25) is 9.59 Å². The molecule has 0 saturated carbocycles. The molecule has 0 aliphatic carbocycles. The van der Waals surface area contributed by atoms with Gasteiger partial charge in [-0.15, -0.1) is 0 Å². The second-order valence-electron chi connectivity index (χ2n) is 5.98. The lowest BCUT2D eigenvalue weighted by Gasteiger charge is -2.39. The van der Waals surface area contributed by atoms with E-state index in [9.17, 15) is 19.8 Å². The van der Waals surface area contributed by atoms with Crippen LogP contribution in [0.5, 0.6) is 0 Å². The molecule has 0 aromatic rings. The molecule has 2 N–H and O–H groups in total. The molecule has 126 valence electrons. The number of ether oxygens (including phenoxy) is 1. The summed E-state index contributed by atoms with van der Waals surface area (Å²) < 4.78 is 5.27. The minimum absolute atomic E-state index is 0.0914. The maximum atomic E-state index is 12.5. The number of aliphatic hydroxyl groups excluding tert-OH is 2. The first kappa shape index (κ1) is 17.2. The van der Waals surface area contributed by atoms with Gasteiger partial charge in [-0.25, -0.2) is 0 Å². The summed E-state index contributed by atoms with van der Waals surface area (Å²) >= 11 is 0. The second kappa shape index (κ2) is 7.89. The smallest absolute Gasteiger partial charge is 0.224 e. The molecule has 22 heavy (non-hydrogen) atoms. The zero-order chi connectivity index (χ0) is 16.1. The number of amides is 2. The van der Waals surface area contributed by atoms with E-state index in [0.717, 1.165) is 12.8 Å². The van der Waals surface area contributed by atoms with Gasteiger partial charge in [0.15, 0.2) is 0 Å². The Bertz CT molecular complexity index is 403. The van der Waals surface area contributed by atoms with Gasteiger partial charge < -0.3 is 24.7 Å². The van der Waals surface area contributed by atoms with Crippen LogP contribution in [0.25, 0.3) is 0 Å². The highest BCUT2D eigenvalue weighted by Crippen LogP contribution is 2.17. The molecule has 2 aliphatic rings. The van der Waals surface area contributed by atoms with Gasteiger partial charge in [0, 0.05) is 32.5 Å². The number of nitrogens with zero attached hydrogens (tertiary/aromatic N) is 2. The van der Waals surface area contributed by atoms with Gasteiger partial charge in [-0.1, -0.05) is 6.92 Å². The molecule has 0 bridgehead atoms. The number of rotatable bonds is 6. The van der Waals surface area contributed by atoms with Crippen LogP contribution < -0.4 is 0 Å². The highest BCUT2D eigenvalue weighted by atomic mass is 16.5. The van der Waals surface area contributed by atoms with Gasteiger partial charge >= 0.3 is 0 Å². The first-order valence-corrected chi connectivity index (χ1v) is 8.05. The van der Waals surface area contributed by atoms with Crippen LogP contribution in [-0.4, -0.2) is 82.9 Å². The van der Waals surface area contributed by atoms with Crippen LogP contribution in [0.4, 0.5) is 0 Å². The lowest BCUT2D eigenvalue weighted by Crippen LogP contribution is -2.58. The van der Waals surface area contributed by atoms with Gasteiger partial charge in [0.1, 0.15) is 12.2 Å².